The normalized spacial score (nSPS) is 10.7. The monoisotopic (exact) mass is 358 g/mol. The molecule has 0 aliphatic carbocycles. The van der Waals surface area contributed by atoms with Gasteiger partial charge >= 0.3 is 0 Å². The fraction of sp³-hybridized carbons (Fsp3) is 0.130. The summed E-state index contributed by atoms with van der Waals surface area (Å²) in [5.41, 5.74) is 6.38. The first-order valence-electron chi connectivity index (χ1n) is 8.94. The van der Waals surface area contributed by atoms with Gasteiger partial charge in [-0.3, -0.25) is 4.79 Å². The van der Waals surface area contributed by atoms with Gasteiger partial charge in [0.25, 0.3) is 5.91 Å². The SMILES string of the molecule is CCc1ccc(/C=N\NC(=O)c2ccc(OCc3ccccc3)cc2)cc1. The Labute approximate surface area is 159 Å². The van der Waals surface area contributed by atoms with Crippen LogP contribution in [0.2, 0.25) is 0 Å². The Kier molecular flexibility index (Phi) is 6.36. The number of amides is 1. The molecule has 0 aliphatic heterocycles. The first-order valence-corrected chi connectivity index (χ1v) is 8.94. The van der Waals surface area contributed by atoms with Crippen molar-refractivity contribution in [3.05, 3.63) is 101 Å². The topological polar surface area (TPSA) is 50.7 Å². The highest BCUT2D eigenvalue weighted by molar-refractivity contribution is 5.95. The van der Waals surface area contributed by atoms with Gasteiger partial charge in [0.15, 0.2) is 0 Å². The molecule has 136 valence electrons. The summed E-state index contributed by atoms with van der Waals surface area (Å²) >= 11 is 0. The molecule has 0 bridgehead atoms. The maximum atomic E-state index is 12.2. The second-order valence-corrected chi connectivity index (χ2v) is 6.09. The number of hydrogen-bond donors (Lipinski definition) is 1. The van der Waals surface area contributed by atoms with E-state index in [1.165, 1.54) is 5.56 Å². The Morgan fingerprint density at radius 3 is 2.30 bits per heavy atom. The van der Waals surface area contributed by atoms with E-state index in [0.29, 0.717) is 12.2 Å². The van der Waals surface area contributed by atoms with Crippen LogP contribution in [-0.4, -0.2) is 12.1 Å². The fourth-order valence-corrected chi connectivity index (χ4v) is 2.51. The number of ether oxygens (including phenoxy) is 1. The van der Waals surface area contributed by atoms with Crippen LogP contribution in [0.25, 0.3) is 0 Å². The lowest BCUT2D eigenvalue weighted by Gasteiger charge is -2.07. The van der Waals surface area contributed by atoms with Gasteiger partial charge in [0.2, 0.25) is 0 Å². The molecule has 4 nitrogen and oxygen atoms in total. The average Bonchev–Trinajstić information content (AvgIpc) is 2.74. The lowest BCUT2D eigenvalue weighted by molar-refractivity contribution is 0.0955. The van der Waals surface area contributed by atoms with E-state index in [-0.39, 0.29) is 5.91 Å². The van der Waals surface area contributed by atoms with E-state index >= 15 is 0 Å². The molecule has 27 heavy (non-hydrogen) atoms. The van der Waals surface area contributed by atoms with Crippen molar-refractivity contribution in [2.45, 2.75) is 20.0 Å². The van der Waals surface area contributed by atoms with Gasteiger partial charge in [-0.15, -0.1) is 0 Å². The molecular formula is C23H22N2O2. The van der Waals surface area contributed by atoms with Crippen molar-refractivity contribution in [2.24, 2.45) is 5.10 Å². The number of rotatable bonds is 7. The molecule has 0 spiro atoms. The fourth-order valence-electron chi connectivity index (χ4n) is 2.51. The van der Waals surface area contributed by atoms with Gasteiger partial charge in [0.1, 0.15) is 12.4 Å². The minimum Gasteiger partial charge on any atom is -0.489 e. The predicted octanol–water partition coefficient (Wildman–Crippen LogP) is 4.59. The molecule has 3 aromatic rings. The largest absolute Gasteiger partial charge is 0.489 e. The van der Waals surface area contributed by atoms with Crippen molar-refractivity contribution in [2.75, 3.05) is 0 Å². The number of nitrogens with zero attached hydrogens (tertiary/aromatic N) is 1. The van der Waals surface area contributed by atoms with E-state index < -0.39 is 0 Å². The number of hydrogen-bond acceptors (Lipinski definition) is 3. The molecule has 4 heteroatoms. The molecule has 0 fully saturated rings. The number of nitrogens with one attached hydrogen (secondary N) is 1. The molecule has 1 N–H and O–H groups in total. The van der Waals surface area contributed by atoms with Gasteiger partial charge in [-0.2, -0.15) is 5.10 Å². The highest BCUT2D eigenvalue weighted by Gasteiger charge is 2.04. The van der Waals surface area contributed by atoms with Gasteiger partial charge in [0.05, 0.1) is 6.21 Å². The van der Waals surface area contributed by atoms with Crippen molar-refractivity contribution < 1.29 is 9.53 Å². The van der Waals surface area contributed by atoms with Crippen LogP contribution in [0.4, 0.5) is 0 Å². The lowest BCUT2D eigenvalue weighted by Crippen LogP contribution is -2.17. The molecule has 0 heterocycles. The summed E-state index contributed by atoms with van der Waals surface area (Å²) in [5.74, 6) is 0.459. The Balaban J connectivity index is 1.51. The van der Waals surface area contributed by atoms with Crippen molar-refractivity contribution in [1.29, 1.82) is 0 Å². The molecule has 1 amide bonds. The first-order chi connectivity index (χ1) is 13.2. The Hall–Kier alpha value is -3.40. The van der Waals surface area contributed by atoms with E-state index in [0.717, 1.165) is 23.3 Å². The molecule has 0 atom stereocenters. The van der Waals surface area contributed by atoms with Gasteiger partial charge in [-0.1, -0.05) is 61.5 Å². The van der Waals surface area contributed by atoms with Crippen molar-refractivity contribution in [3.63, 3.8) is 0 Å². The van der Waals surface area contributed by atoms with Gasteiger partial charge in [0, 0.05) is 5.56 Å². The summed E-state index contributed by atoms with van der Waals surface area (Å²) in [7, 11) is 0. The second-order valence-electron chi connectivity index (χ2n) is 6.09. The zero-order valence-corrected chi connectivity index (χ0v) is 15.3. The number of hydrazone groups is 1. The van der Waals surface area contributed by atoms with Crippen LogP contribution in [0.1, 0.15) is 34.0 Å². The lowest BCUT2D eigenvalue weighted by atomic mass is 10.1. The van der Waals surface area contributed by atoms with E-state index in [2.05, 4.69) is 29.6 Å². The zero-order chi connectivity index (χ0) is 18.9. The third-order valence-electron chi connectivity index (χ3n) is 4.13. The van der Waals surface area contributed by atoms with Gasteiger partial charge in [-0.05, 0) is 47.4 Å². The quantitative estimate of drug-likeness (QED) is 0.496. The standard InChI is InChI=1S/C23H22N2O2/c1-2-18-8-10-19(11-9-18)16-24-25-23(26)21-12-14-22(15-13-21)27-17-20-6-4-3-5-7-20/h3-16H,2,17H2,1H3,(H,25,26)/b24-16-. The molecule has 0 saturated carbocycles. The van der Waals surface area contributed by atoms with Crippen LogP contribution in [0.15, 0.2) is 84.0 Å². The summed E-state index contributed by atoms with van der Waals surface area (Å²) in [4.78, 5) is 12.2. The molecule has 3 rings (SSSR count). The Morgan fingerprint density at radius 1 is 0.926 bits per heavy atom. The molecule has 0 aromatic heterocycles. The van der Waals surface area contributed by atoms with Crippen LogP contribution in [0.5, 0.6) is 5.75 Å². The summed E-state index contributed by atoms with van der Waals surface area (Å²) in [6, 6.07) is 25.0. The minimum atomic E-state index is -0.258. The Morgan fingerprint density at radius 2 is 1.63 bits per heavy atom. The zero-order valence-electron chi connectivity index (χ0n) is 15.3. The third kappa shape index (κ3) is 5.54. The van der Waals surface area contributed by atoms with Crippen LogP contribution in [0.3, 0.4) is 0 Å². The third-order valence-corrected chi connectivity index (χ3v) is 4.13. The van der Waals surface area contributed by atoms with Gasteiger partial charge < -0.3 is 4.74 Å². The smallest absolute Gasteiger partial charge is 0.271 e. The minimum absolute atomic E-state index is 0.258. The van der Waals surface area contributed by atoms with Crippen LogP contribution in [0, 0.1) is 0 Å². The molecule has 3 aromatic carbocycles. The number of aryl methyl sites for hydroxylation is 1. The van der Waals surface area contributed by atoms with E-state index in [1.807, 2.05) is 42.5 Å². The highest BCUT2D eigenvalue weighted by atomic mass is 16.5. The second kappa shape index (κ2) is 9.34. The number of carbonyl (C=O) groups is 1. The first kappa shape index (κ1) is 18.4. The molecule has 0 aliphatic rings. The number of benzene rings is 3. The van der Waals surface area contributed by atoms with Gasteiger partial charge in [-0.25, -0.2) is 5.43 Å². The summed E-state index contributed by atoms with van der Waals surface area (Å²) in [5, 5.41) is 4.02. The summed E-state index contributed by atoms with van der Waals surface area (Å²) < 4.78 is 5.72. The van der Waals surface area contributed by atoms with E-state index in [1.54, 1.807) is 30.5 Å². The van der Waals surface area contributed by atoms with Crippen LogP contribution in [-0.2, 0) is 13.0 Å². The van der Waals surface area contributed by atoms with Crippen molar-refractivity contribution in [1.82, 2.24) is 5.43 Å². The summed E-state index contributed by atoms with van der Waals surface area (Å²) in [6.45, 7) is 2.61. The molecule has 0 saturated heterocycles. The van der Waals surface area contributed by atoms with Crippen molar-refractivity contribution >= 4 is 12.1 Å². The molecule has 0 unspecified atom stereocenters. The molecule has 0 radical (unpaired) electrons. The van der Waals surface area contributed by atoms with E-state index in [9.17, 15) is 4.79 Å². The van der Waals surface area contributed by atoms with Crippen LogP contribution < -0.4 is 10.2 Å². The molecular weight excluding hydrogens is 336 g/mol. The van der Waals surface area contributed by atoms with Crippen molar-refractivity contribution in [3.8, 4) is 5.75 Å². The number of carbonyl (C=O) groups excluding carboxylic acids is 1. The Bertz CT molecular complexity index is 886. The predicted molar refractivity (Wildman–Crippen MR) is 108 cm³/mol. The maximum absolute atomic E-state index is 12.2. The summed E-state index contributed by atoms with van der Waals surface area (Å²) in [6.07, 6.45) is 2.63. The van der Waals surface area contributed by atoms with E-state index in [4.69, 9.17) is 4.74 Å². The average molecular weight is 358 g/mol. The van der Waals surface area contributed by atoms with Crippen LogP contribution >= 0.6 is 0 Å². The highest BCUT2D eigenvalue weighted by Crippen LogP contribution is 2.14. The maximum Gasteiger partial charge on any atom is 0.271 e.